The van der Waals surface area contributed by atoms with Gasteiger partial charge in [0, 0.05) is 6.54 Å². The number of rotatable bonds is 4. The first-order chi connectivity index (χ1) is 18.5. The average molecular weight is 531 g/mol. The Hall–Kier alpha value is -4.78. The minimum atomic E-state index is -0.993. The Balaban J connectivity index is 2.03. The standard InChI is InChI=1S/C29H30N4O6/c1-29(2,3)39-28(36)32-15-14-18-12-9-13-20(23(18)32)33-24(27(35)38-5)22(26(34)37-4)21(19(16-30)25(33)31)17-10-7-6-8-11-17/h6-13,21H,14-15,31H2,1-5H3. The molecule has 2 N–H and O–H groups in total. The highest BCUT2D eigenvalue weighted by Crippen LogP contribution is 2.47. The molecule has 0 bridgehead atoms. The molecule has 0 radical (unpaired) electrons. The lowest BCUT2D eigenvalue weighted by Crippen LogP contribution is -2.42. The second-order valence-electron chi connectivity index (χ2n) is 10.0. The van der Waals surface area contributed by atoms with Crippen LogP contribution in [0, 0.1) is 11.3 Å². The third kappa shape index (κ3) is 4.91. The van der Waals surface area contributed by atoms with E-state index in [-0.39, 0.29) is 22.7 Å². The summed E-state index contributed by atoms with van der Waals surface area (Å²) in [6, 6.07) is 16.2. The molecule has 2 aromatic carbocycles. The number of nitriles is 1. The second-order valence-corrected chi connectivity index (χ2v) is 10.0. The van der Waals surface area contributed by atoms with Crippen molar-refractivity contribution in [2.45, 2.75) is 38.7 Å². The lowest BCUT2D eigenvalue weighted by Gasteiger charge is -2.37. The quantitative estimate of drug-likeness (QED) is 0.461. The normalized spacial score (nSPS) is 17.0. The Labute approximate surface area is 226 Å². The fourth-order valence-electron chi connectivity index (χ4n) is 4.88. The van der Waals surface area contributed by atoms with Crippen molar-refractivity contribution in [3.8, 4) is 6.07 Å². The summed E-state index contributed by atoms with van der Waals surface area (Å²) >= 11 is 0. The zero-order chi connectivity index (χ0) is 28.5. The van der Waals surface area contributed by atoms with E-state index < -0.39 is 29.6 Å². The summed E-state index contributed by atoms with van der Waals surface area (Å²) < 4.78 is 15.8. The van der Waals surface area contributed by atoms with E-state index in [0.717, 1.165) is 5.56 Å². The maximum Gasteiger partial charge on any atom is 0.414 e. The number of benzene rings is 2. The Morgan fingerprint density at radius 2 is 1.67 bits per heavy atom. The maximum atomic E-state index is 13.4. The number of para-hydroxylation sites is 1. The van der Waals surface area contributed by atoms with Crippen LogP contribution in [0.15, 0.2) is 71.2 Å². The largest absolute Gasteiger partial charge is 0.466 e. The number of methoxy groups -OCH3 is 2. The van der Waals surface area contributed by atoms with E-state index in [0.29, 0.717) is 29.9 Å². The molecule has 2 heterocycles. The summed E-state index contributed by atoms with van der Waals surface area (Å²) in [5, 5.41) is 10.3. The molecule has 2 aliphatic rings. The van der Waals surface area contributed by atoms with Crippen LogP contribution in [0.3, 0.4) is 0 Å². The summed E-state index contributed by atoms with van der Waals surface area (Å²) in [6.45, 7) is 5.63. The van der Waals surface area contributed by atoms with Crippen molar-refractivity contribution in [1.82, 2.24) is 0 Å². The molecule has 2 aromatic rings. The van der Waals surface area contributed by atoms with Crippen molar-refractivity contribution in [3.63, 3.8) is 0 Å². The number of anilines is 2. The number of nitrogens with two attached hydrogens (primary N) is 1. The number of allylic oxidation sites excluding steroid dienone is 1. The molecule has 4 rings (SSSR count). The molecule has 1 unspecified atom stereocenters. The number of amides is 1. The summed E-state index contributed by atoms with van der Waals surface area (Å²) in [5.74, 6) is -2.77. The lowest BCUT2D eigenvalue weighted by molar-refractivity contribution is -0.139. The number of hydrogen-bond acceptors (Lipinski definition) is 9. The van der Waals surface area contributed by atoms with Crippen molar-refractivity contribution in [2.24, 2.45) is 5.73 Å². The van der Waals surface area contributed by atoms with Gasteiger partial charge in [0.2, 0.25) is 0 Å². The molecule has 0 aromatic heterocycles. The van der Waals surface area contributed by atoms with Crippen molar-refractivity contribution in [3.05, 3.63) is 82.3 Å². The van der Waals surface area contributed by atoms with E-state index in [1.807, 2.05) is 6.07 Å². The molecule has 0 fully saturated rings. The van der Waals surface area contributed by atoms with Gasteiger partial charge >= 0.3 is 18.0 Å². The maximum absolute atomic E-state index is 13.4. The number of carbonyl (C=O) groups excluding carboxylic acids is 3. The molecule has 0 saturated heterocycles. The van der Waals surface area contributed by atoms with Gasteiger partial charge in [-0.1, -0.05) is 42.5 Å². The zero-order valence-electron chi connectivity index (χ0n) is 22.5. The fourth-order valence-corrected chi connectivity index (χ4v) is 4.88. The van der Waals surface area contributed by atoms with Crippen LogP contribution in [0.2, 0.25) is 0 Å². The van der Waals surface area contributed by atoms with E-state index >= 15 is 0 Å². The number of carbonyl (C=O) groups is 3. The molecule has 0 spiro atoms. The first kappa shape index (κ1) is 27.3. The fraction of sp³-hybridized carbons (Fsp3) is 0.310. The highest BCUT2D eigenvalue weighted by Gasteiger charge is 2.44. The average Bonchev–Trinajstić information content (AvgIpc) is 3.36. The van der Waals surface area contributed by atoms with E-state index in [4.69, 9.17) is 19.9 Å². The molecular formula is C29H30N4O6. The SMILES string of the molecule is COC(=O)C1=C(C(=O)OC)N(c2cccc3c2N(C(=O)OC(C)(C)C)CC3)C(N)=C(C#N)C1c1ccccc1. The van der Waals surface area contributed by atoms with E-state index in [1.165, 1.54) is 24.0 Å². The number of esters is 2. The minimum Gasteiger partial charge on any atom is -0.466 e. The molecule has 2 aliphatic heterocycles. The number of hydrogen-bond donors (Lipinski definition) is 1. The monoisotopic (exact) mass is 530 g/mol. The molecule has 10 nitrogen and oxygen atoms in total. The highest BCUT2D eigenvalue weighted by atomic mass is 16.6. The van der Waals surface area contributed by atoms with Crippen LogP contribution in [-0.2, 0) is 30.2 Å². The Kier molecular flexibility index (Phi) is 7.36. The van der Waals surface area contributed by atoms with Gasteiger partial charge < -0.3 is 19.9 Å². The van der Waals surface area contributed by atoms with Crippen molar-refractivity contribution < 1.29 is 28.6 Å². The van der Waals surface area contributed by atoms with Gasteiger partial charge in [0.05, 0.1) is 48.7 Å². The molecular weight excluding hydrogens is 500 g/mol. The number of fused-ring (bicyclic) bond motifs is 1. The van der Waals surface area contributed by atoms with E-state index in [9.17, 15) is 19.6 Å². The highest BCUT2D eigenvalue weighted by molar-refractivity contribution is 6.08. The van der Waals surface area contributed by atoms with Gasteiger partial charge in [-0.25, -0.2) is 14.4 Å². The van der Waals surface area contributed by atoms with Crippen LogP contribution in [0.25, 0.3) is 0 Å². The molecule has 0 aliphatic carbocycles. The van der Waals surface area contributed by atoms with Crippen LogP contribution < -0.4 is 15.5 Å². The van der Waals surface area contributed by atoms with Gasteiger partial charge in [0.1, 0.15) is 17.1 Å². The summed E-state index contributed by atoms with van der Waals surface area (Å²) in [5.41, 5.74) is 7.76. The van der Waals surface area contributed by atoms with Gasteiger partial charge in [-0.2, -0.15) is 5.26 Å². The Morgan fingerprint density at radius 3 is 2.26 bits per heavy atom. The van der Waals surface area contributed by atoms with Crippen LogP contribution in [0.5, 0.6) is 0 Å². The number of ether oxygens (including phenoxy) is 3. The molecule has 1 atom stereocenters. The van der Waals surface area contributed by atoms with Gasteiger partial charge in [-0.15, -0.1) is 0 Å². The summed E-state index contributed by atoms with van der Waals surface area (Å²) in [7, 11) is 2.37. The third-order valence-electron chi connectivity index (χ3n) is 6.44. The summed E-state index contributed by atoms with van der Waals surface area (Å²) in [4.78, 5) is 42.7. The second kappa shape index (κ2) is 10.5. The third-order valence-corrected chi connectivity index (χ3v) is 6.44. The van der Waals surface area contributed by atoms with Crippen LogP contribution in [0.1, 0.15) is 37.8 Å². The molecule has 0 saturated carbocycles. The molecule has 1 amide bonds. The Bertz CT molecular complexity index is 1430. The van der Waals surface area contributed by atoms with Gasteiger partial charge in [-0.05, 0) is 44.4 Å². The van der Waals surface area contributed by atoms with Crippen molar-refractivity contribution in [1.29, 1.82) is 5.26 Å². The van der Waals surface area contributed by atoms with Crippen LogP contribution >= 0.6 is 0 Å². The minimum absolute atomic E-state index is 0.0358. The van der Waals surface area contributed by atoms with Crippen molar-refractivity contribution in [2.75, 3.05) is 30.6 Å². The van der Waals surface area contributed by atoms with Gasteiger partial charge in [0.25, 0.3) is 0 Å². The van der Waals surface area contributed by atoms with Crippen LogP contribution in [-0.4, -0.2) is 44.4 Å². The summed E-state index contributed by atoms with van der Waals surface area (Å²) in [6.07, 6.45) is -0.0496. The van der Waals surface area contributed by atoms with Gasteiger partial charge in [0.15, 0.2) is 0 Å². The van der Waals surface area contributed by atoms with Gasteiger partial charge in [-0.3, -0.25) is 9.80 Å². The topological polar surface area (TPSA) is 135 Å². The number of nitrogens with zero attached hydrogens (tertiary/aromatic N) is 3. The van der Waals surface area contributed by atoms with E-state index in [2.05, 4.69) is 6.07 Å². The zero-order valence-corrected chi connectivity index (χ0v) is 22.5. The smallest absolute Gasteiger partial charge is 0.414 e. The lowest BCUT2D eigenvalue weighted by atomic mass is 9.81. The molecule has 10 heteroatoms. The van der Waals surface area contributed by atoms with Crippen molar-refractivity contribution >= 4 is 29.4 Å². The Morgan fingerprint density at radius 1 is 1.00 bits per heavy atom. The molecule has 202 valence electrons. The first-order valence-electron chi connectivity index (χ1n) is 12.3. The first-order valence-corrected chi connectivity index (χ1v) is 12.3. The van der Waals surface area contributed by atoms with E-state index in [1.54, 1.807) is 63.2 Å². The molecule has 39 heavy (non-hydrogen) atoms. The predicted molar refractivity (Wildman–Crippen MR) is 143 cm³/mol. The van der Waals surface area contributed by atoms with Crippen LogP contribution in [0.4, 0.5) is 16.2 Å². The predicted octanol–water partition coefficient (Wildman–Crippen LogP) is 3.88.